The van der Waals surface area contributed by atoms with Gasteiger partial charge >= 0.3 is 11.9 Å². The summed E-state index contributed by atoms with van der Waals surface area (Å²) in [7, 11) is 0. The van der Waals surface area contributed by atoms with Crippen LogP contribution in [0.2, 0.25) is 0 Å². The number of esters is 2. The highest BCUT2D eigenvalue weighted by atomic mass is 19.2. The Labute approximate surface area is 135 Å². The molecule has 0 aliphatic heterocycles. The van der Waals surface area contributed by atoms with Crippen LogP contribution in [0.25, 0.3) is 0 Å². The number of hydrogen-bond donors (Lipinski definition) is 0. The van der Waals surface area contributed by atoms with Crippen molar-refractivity contribution in [3.05, 3.63) is 70.5 Å². The maximum absolute atomic E-state index is 13.1. The Hall–Kier alpha value is -2.83. The largest absolute Gasteiger partial charge is 0.462 e. The minimum Gasteiger partial charge on any atom is -0.462 e. The summed E-state index contributed by atoms with van der Waals surface area (Å²) in [5.41, 5.74) is -0.0896. The third-order valence-electron chi connectivity index (χ3n) is 3.06. The van der Waals surface area contributed by atoms with Gasteiger partial charge in [0.15, 0.2) is 17.5 Å². The van der Waals surface area contributed by atoms with E-state index in [4.69, 9.17) is 9.47 Å². The van der Waals surface area contributed by atoms with Crippen molar-refractivity contribution in [1.29, 1.82) is 0 Å². The fourth-order valence-corrected chi connectivity index (χ4v) is 1.97. The molecule has 7 heteroatoms. The zero-order valence-electron chi connectivity index (χ0n) is 12.6. The molecule has 0 unspecified atom stereocenters. The first-order valence-corrected chi connectivity index (χ1v) is 7.00. The van der Waals surface area contributed by atoms with Gasteiger partial charge in [0.25, 0.3) is 0 Å². The Bertz CT molecular complexity index is 751. The normalized spacial score (nSPS) is 10.3. The number of hydrogen-bond acceptors (Lipinski definition) is 4. The monoisotopic (exact) mass is 338 g/mol. The van der Waals surface area contributed by atoms with E-state index in [1.54, 1.807) is 13.0 Å². The molecule has 0 atom stereocenters. The number of benzene rings is 2. The van der Waals surface area contributed by atoms with E-state index in [-0.39, 0.29) is 23.3 Å². The molecule has 0 aromatic heterocycles. The van der Waals surface area contributed by atoms with E-state index in [0.29, 0.717) is 0 Å². The molecule has 0 saturated heterocycles. The van der Waals surface area contributed by atoms with E-state index in [1.165, 1.54) is 18.2 Å². The summed E-state index contributed by atoms with van der Waals surface area (Å²) in [5, 5.41) is 0. The SMILES string of the molecule is CCOC(=O)c1ccccc1C(=O)OCc1cc(F)c(F)c(F)c1. The average Bonchev–Trinajstić information content (AvgIpc) is 2.57. The topological polar surface area (TPSA) is 52.6 Å². The zero-order chi connectivity index (χ0) is 17.7. The second-order valence-corrected chi connectivity index (χ2v) is 4.72. The molecule has 2 aromatic rings. The molecular formula is C17H13F3O4. The van der Waals surface area contributed by atoms with Gasteiger partial charge in [-0.15, -0.1) is 0 Å². The molecule has 0 saturated carbocycles. The second-order valence-electron chi connectivity index (χ2n) is 4.72. The molecular weight excluding hydrogens is 325 g/mol. The van der Waals surface area contributed by atoms with Crippen molar-refractivity contribution in [3.63, 3.8) is 0 Å². The smallest absolute Gasteiger partial charge is 0.339 e. The van der Waals surface area contributed by atoms with Crippen molar-refractivity contribution < 1.29 is 32.2 Å². The minimum absolute atomic E-state index is 0.0146. The van der Waals surface area contributed by atoms with Gasteiger partial charge in [-0.3, -0.25) is 0 Å². The summed E-state index contributed by atoms with van der Waals surface area (Å²) in [4.78, 5) is 23.9. The highest BCUT2D eigenvalue weighted by molar-refractivity contribution is 6.03. The first kappa shape index (κ1) is 17.5. The van der Waals surface area contributed by atoms with Crippen LogP contribution in [0.4, 0.5) is 13.2 Å². The fraction of sp³-hybridized carbons (Fsp3) is 0.176. The molecule has 2 rings (SSSR count). The van der Waals surface area contributed by atoms with Crippen molar-refractivity contribution >= 4 is 11.9 Å². The predicted molar refractivity (Wildman–Crippen MR) is 77.8 cm³/mol. The molecule has 0 radical (unpaired) electrons. The Morgan fingerprint density at radius 3 is 1.92 bits per heavy atom. The zero-order valence-corrected chi connectivity index (χ0v) is 12.6. The Morgan fingerprint density at radius 1 is 0.917 bits per heavy atom. The fourth-order valence-electron chi connectivity index (χ4n) is 1.97. The van der Waals surface area contributed by atoms with E-state index in [9.17, 15) is 22.8 Å². The lowest BCUT2D eigenvalue weighted by atomic mass is 10.1. The van der Waals surface area contributed by atoms with Crippen molar-refractivity contribution in [2.45, 2.75) is 13.5 Å². The molecule has 0 aliphatic rings. The van der Waals surface area contributed by atoms with E-state index in [2.05, 4.69) is 0 Å². The van der Waals surface area contributed by atoms with Crippen molar-refractivity contribution in [2.75, 3.05) is 6.61 Å². The van der Waals surface area contributed by atoms with Gasteiger partial charge in [-0.1, -0.05) is 12.1 Å². The molecule has 4 nitrogen and oxygen atoms in total. The highest BCUT2D eigenvalue weighted by Gasteiger charge is 2.19. The first-order chi connectivity index (χ1) is 11.4. The second kappa shape index (κ2) is 7.63. The standard InChI is InChI=1S/C17H13F3O4/c1-2-23-16(21)11-5-3-4-6-12(11)17(22)24-9-10-7-13(18)15(20)14(19)8-10/h3-8H,2,9H2,1H3. The van der Waals surface area contributed by atoms with E-state index < -0.39 is 36.0 Å². The lowest BCUT2D eigenvalue weighted by Gasteiger charge is -2.09. The number of ether oxygens (including phenoxy) is 2. The van der Waals surface area contributed by atoms with E-state index in [0.717, 1.165) is 12.1 Å². The van der Waals surface area contributed by atoms with Crippen molar-refractivity contribution in [3.8, 4) is 0 Å². The van der Waals surface area contributed by atoms with Crippen LogP contribution in [0.15, 0.2) is 36.4 Å². The third-order valence-corrected chi connectivity index (χ3v) is 3.06. The van der Waals surface area contributed by atoms with Gasteiger partial charge < -0.3 is 9.47 Å². The summed E-state index contributed by atoms with van der Waals surface area (Å²) in [6.45, 7) is 1.27. The van der Waals surface area contributed by atoms with Crippen LogP contribution in [0.5, 0.6) is 0 Å². The maximum atomic E-state index is 13.1. The molecule has 2 aromatic carbocycles. The molecule has 0 bridgehead atoms. The van der Waals surface area contributed by atoms with Crippen molar-refractivity contribution in [1.82, 2.24) is 0 Å². The Morgan fingerprint density at radius 2 is 1.42 bits per heavy atom. The Balaban J connectivity index is 2.15. The van der Waals surface area contributed by atoms with Gasteiger partial charge in [0, 0.05) is 0 Å². The van der Waals surface area contributed by atoms with Gasteiger partial charge in [-0.05, 0) is 36.8 Å². The maximum Gasteiger partial charge on any atom is 0.339 e. The van der Waals surface area contributed by atoms with Crippen LogP contribution in [-0.2, 0) is 16.1 Å². The average molecular weight is 338 g/mol. The number of carbonyl (C=O) groups excluding carboxylic acids is 2. The molecule has 0 amide bonds. The summed E-state index contributed by atoms with van der Waals surface area (Å²) in [5.74, 6) is -5.92. The van der Waals surface area contributed by atoms with Crippen molar-refractivity contribution in [2.24, 2.45) is 0 Å². The highest BCUT2D eigenvalue weighted by Crippen LogP contribution is 2.16. The molecule has 0 fully saturated rings. The molecule has 24 heavy (non-hydrogen) atoms. The number of carbonyl (C=O) groups is 2. The summed E-state index contributed by atoms with van der Waals surface area (Å²) in [6, 6.07) is 7.28. The van der Waals surface area contributed by atoms with Crippen LogP contribution in [0.1, 0.15) is 33.2 Å². The lowest BCUT2D eigenvalue weighted by molar-refractivity contribution is 0.0444. The molecule has 0 spiro atoms. The van der Waals surface area contributed by atoms with E-state index >= 15 is 0 Å². The molecule has 0 heterocycles. The van der Waals surface area contributed by atoms with Crippen LogP contribution in [0.3, 0.4) is 0 Å². The number of halogens is 3. The van der Waals surface area contributed by atoms with Gasteiger partial charge in [0.2, 0.25) is 0 Å². The number of rotatable bonds is 5. The van der Waals surface area contributed by atoms with Crippen LogP contribution < -0.4 is 0 Å². The summed E-state index contributed by atoms with van der Waals surface area (Å²) >= 11 is 0. The first-order valence-electron chi connectivity index (χ1n) is 7.00. The summed E-state index contributed by atoms with van der Waals surface area (Å²) < 4.78 is 48.9. The minimum atomic E-state index is -1.60. The van der Waals surface area contributed by atoms with E-state index in [1.807, 2.05) is 0 Å². The quantitative estimate of drug-likeness (QED) is 0.617. The predicted octanol–water partition coefficient (Wildman–Crippen LogP) is 3.64. The lowest BCUT2D eigenvalue weighted by Crippen LogP contribution is -2.14. The summed E-state index contributed by atoms with van der Waals surface area (Å²) in [6.07, 6.45) is 0. The van der Waals surface area contributed by atoms with Gasteiger partial charge in [-0.25, -0.2) is 22.8 Å². The van der Waals surface area contributed by atoms with Gasteiger partial charge in [-0.2, -0.15) is 0 Å². The van der Waals surface area contributed by atoms with Crippen LogP contribution >= 0.6 is 0 Å². The van der Waals surface area contributed by atoms with Crippen LogP contribution in [0, 0.1) is 17.5 Å². The molecule has 0 N–H and O–H groups in total. The van der Waals surface area contributed by atoms with Gasteiger partial charge in [0.05, 0.1) is 17.7 Å². The molecule has 0 aliphatic carbocycles. The van der Waals surface area contributed by atoms with Gasteiger partial charge in [0.1, 0.15) is 6.61 Å². The Kier molecular flexibility index (Phi) is 5.57. The third kappa shape index (κ3) is 3.92. The van der Waals surface area contributed by atoms with Crippen LogP contribution in [-0.4, -0.2) is 18.5 Å². The molecule has 126 valence electrons.